The first kappa shape index (κ1) is 38.3. The van der Waals surface area contributed by atoms with E-state index in [1.54, 1.807) is 20.8 Å². The van der Waals surface area contributed by atoms with Crippen LogP contribution in [-0.4, -0.2) is 120 Å². The minimum atomic E-state index is -1.90. The second-order valence-electron chi connectivity index (χ2n) is 15.4. The van der Waals surface area contributed by atoms with Crippen LogP contribution in [0.1, 0.15) is 79.1 Å². The third kappa shape index (κ3) is 5.59. The summed E-state index contributed by atoms with van der Waals surface area (Å²) in [5.41, 5.74) is -8.14. The molecular formula is C34H48O16. The number of carboxylic acid groups (broad SMARTS) is 2. The van der Waals surface area contributed by atoms with E-state index < -0.39 is 125 Å². The van der Waals surface area contributed by atoms with Crippen LogP contribution in [0.5, 0.6) is 0 Å². The van der Waals surface area contributed by atoms with Crippen molar-refractivity contribution in [1.82, 2.24) is 0 Å². The molecule has 7 N–H and O–H groups in total. The summed E-state index contributed by atoms with van der Waals surface area (Å²) >= 11 is 0. The van der Waals surface area contributed by atoms with E-state index in [0.29, 0.717) is 0 Å². The van der Waals surface area contributed by atoms with Gasteiger partial charge in [0.15, 0.2) is 12.4 Å². The fourth-order valence-corrected chi connectivity index (χ4v) is 9.99. The molecule has 1 aromatic heterocycles. The van der Waals surface area contributed by atoms with Gasteiger partial charge in [-0.3, -0.25) is 14.4 Å². The summed E-state index contributed by atoms with van der Waals surface area (Å²) in [5, 5.41) is 73.6. The fraction of sp³-hybridized carbons (Fsp3) is 0.765. The minimum absolute atomic E-state index is 0.0289. The molecule has 14 atom stereocenters. The van der Waals surface area contributed by atoms with E-state index in [2.05, 4.69) is 0 Å². The van der Waals surface area contributed by atoms with Crippen LogP contribution in [0, 0.1) is 28.1 Å². The predicted octanol–water partition coefficient (Wildman–Crippen LogP) is 0.555. The Balaban J connectivity index is 1.70. The Labute approximate surface area is 288 Å². The lowest BCUT2D eigenvalue weighted by Gasteiger charge is -2.66. The number of aliphatic carboxylic acids is 2. The largest absolute Gasteiger partial charge is 0.481 e. The van der Waals surface area contributed by atoms with Gasteiger partial charge in [-0.05, 0) is 51.7 Å². The quantitative estimate of drug-likeness (QED) is 0.122. The van der Waals surface area contributed by atoms with Gasteiger partial charge in [0, 0.05) is 30.1 Å². The third-order valence-electron chi connectivity index (χ3n) is 12.3. The lowest BCUT2D eigenvalue weighted by Crippen LogP contribution is -2.72. The molecule has 16 nitrogen and oxygen atoms in total. The highest BCUT2D eigenvalue weighted by Gasteiger charge is 2.87. The number of furan rings is 1. The molecule has 280 valence electrons. The van der Waals surface area contributed by atoms with Gasteiger partial charge in [0.1, 0.15) is 53.8 Å². The summed E-state index contributed by atoms with van der Waals surface area (Å²) in [4.78, 5) is 52.3. The molecule has 2 saturated carbocycles. The Morgan fingerprint density at radius 1 is 1.08 bits per heavy atom. The molecule has 2 aliphatic heterocycles. The zero-order valence-corrected chi connectivity index (χ0v) is 28.8. The minimum Gasteiger partial charge on any atom is -0.481 e. The maximum Gasteiger partial charge on any atom is 0.335 e. The van der Waals surface area contributed by atoms with Crippen molar-refractivity contribution >= 4 is 23.7 Å². The molecule has 2 aliphatic carbocycles. The van der Waals surface area contributed by atoms with Gasteiger partial charge in [0.25, 0.3) is 0 Å². The monoisotopic (exact) mass is 712 g/mol. The van der Waals surface area contributed by atoms with Crippen LogP contribution in [0.15, 0.2) is 22.8 Å². The normalized spacial score (nSPS) is 42.7. The number of hydrogen-bond acceptors (Lipinski definition) is 14. The first-order valence-electron chi connectivity index (χ1n) is 16.7. The highest BCUT2D eigenvalue weighted by Crippen LogP contribution is 2.77. The zero-order chi connectivity index (χ0) is 37.4. The molecule has 16 heteroatoms. The zero-order valence-electron chi connectivity index (χ0n) is 28.8. The SMILES string of the molecule is CC(=O)O[C@H](CC(=O)O)[C@]1(C)[C@H]2CC[C@@](C)([C@@H](O[C@@H]3O[C@H](CO)[C@@H](O)[C@H](O)[C@H]3O)c3ccco3)[C@@]3(O[C@@H]3C(=O)O)[C@]2(C)C(=O)C[C@H]1C(C)(C)O. The van der Waals surface area contributed by atoms with Crippen molar-refractivity contribution in [3.05, 3.63) is 24.2 Å². The fourth-order valence-electron chi connectivity index (χ4n) is 9.99. The van der Waals surface area contributed by atoms with Crippen LogP contribution in [0.25, 0.3) is 0 Å². The van der Waals surface area contributed by atoms with Gasteiger partial charge in [-0.1, -0.05) is 13.8 Å². The summed E-state index contributed by atoms with van der Waals surface area (Å²) in [6, 6.07) is 3.07. The lowest BCUT2D eigenvalue weighted by molar-refractivity contribution is -0.330. The van der Waals surface area contributed by atoms with Gasteiger partial charge in [0.2, 0.25) is 0 Å². The Bertz CT molecular complexity index is 1450. The topological polar surface area (TPSA) is 263 Å². The van der Waals surface area contributed by atoms with E-state index in [0.717, 1.165) is 6.92 Å². The lowest BCUT2D eigenvalue weighted by atomic mass is 9.37. The summed E-state index contributed by atoms with van der Waals surface area (Å²) in [6.07, 6.45) is -12.2. The van der Waals surface area contributed by atoms with Gasteiger partial charge in [-0.15, -0.1) is 0 Å². The molecule has 0 radical (unpaired) electrons. The van der Waals surface area contributed by atoms with Gasteiger partial charge in [0.05, 0.1) is 30.3 Å². The summed E-state index contributed by atoms with van der Waals surface area (Å²) in [6.45, 7) is 8.20. The smallest absolute Gasteiger partial charge is 0.335 e. The van der Waals surface area contributed by atoms with Crippen molar-refractivity contribution in [3.8, 4) is 0 Å². The van der Waals surface area contributed by atoms with E-state index in [9.17, 15) is 54.9 Å². The Morgan fingerprint density at radius 2 is 1.74 bits per heavy atom. The van der Waals surface area contributed by atoms with E-state index in [4.69, 9.17) is 23.4 Å². The van der Waals surface area contributed by atoms with Crippen LogP contribution in [0.2, 0.25) is 0 Å². The van der Waals surface area contributed by atoms with Crippen LogP contribution in [-0.2, 0) is 38.1 Å². The first-order valence-corrected chi connectivity index (χ1v) is 16.7. The molecule has 0 aromatic carbocycles. The summed E-state index contributed by atoms with van der Waals surface area (Å²) in [5.74, 6) is -5.68. The van der Waals surface area contributed by atoms with E-state index >= 15 is 0 Å². The number of epoxide rings is 1. The van der Waals surface area contributed by atoms with Crippen molar-refractivity contribution in [2.45, 2.75) is 127 Å². The molecule has 0 bridgehead atoms. The predicted molar refractivity (Wildman–Crippen MR) is 166 cm³/mol. The summed E-state index contributed by atoms with van der Waals surface area (Å²) in [7, 11) is 0. The third-order valence-corrected chi connectivity index (χ3v) is 12.3. The number of fused-ring (bicyclic) bond motifs is 2. The molecule has 4 fully saturated rings. The van der Waals surface area contributed by atoms with Gasteiger partial charge in [-0.2, -0.15) is 0 Å². The first-order chi connectivity index (χ1) is 23.1. The number of carboxylic acids is 2. The van der Waals surface area contributed by atoms with Gasteiger partial charge >= 0.3 is 17.9 Å². The summed E-state index contributed by atoms with van der Waals surface area (Å²) < 4.78 is 29.7. The van der Waals surface area contributed by atoms with Crippen LogP contribution in [0.3, 0.4) is 0 Å². The van der Waals surface area contributed by atoms with E-state index in [1.807, 2.05) is 0 Å². The van der Waals surface area contributed by atoms with Crippen LogP contribution in [0.4, 0.5) is 0 Å². The Morgan fingerprint density at radius 3 is 2.24 bits per heavy atom. The number of rotatable bonds is 11. The second-order valence-corrected chi connectivity index (χ2v) is 15.4. The van der Waals surface area contributed by atoms with E-state index in [1.165, 1.54) is 32.2 Å². The molecule has 0 amide bonds. The number of hydrogen-bond donors (Lipinski definition) is 7. The molecule has 2 saturated heterocycles. The molecule has 50 heavy (non-hydrogen) atoms. The highest BCUT2D eigenvalue weighted by molar-refractivity contribution is 5.92. The average Bonchev–Trinajstić information content (AvgIpc) is 3.58. The van der Waals surface area contributed by atoms with Crippen molar-refractivity contribution in [2.75, 3.05) is 6.61 Å². The number of ketones is 1. The molecule has 1 spiro atoms. The number of aliphatic hydroxyl groups excluding tert-OH is 4. The standard InChI is InChI=1S/C34H48O16/c1-15(36)47-21(13-22(38)39)32(5)18-9-10-31(4,34(27(50-34)28(43)44)33(18,6)20(37)12-19(32)30(2,3)45)26(16-8-7-11-46-16)49-29-25(42)24(41)23(40)17(14-35)48-29/h7-8,11,17-19,21,23-27,29,35,40-42,45H,9-10,12-14H2,1-6H3,(H,38,39)(H,43,44)/t17-,18-,19+,21-,23-,24+,25-,26+,27-,29+,31+,32-,33+,34-/m1/s1. The number of ether oxygens (including phenoxy) is 4. The maximum absolute atomic E-state index is 14.8. The Hall–Kier alpha value is -2.96. The number of Topliss-reactive ketones (excluding diaryl/α,β-unsaturated/α-hetero) is 1. The van der Waals surface area contributed by atoms with Gasteiger partial charge < -0.3 is 59.1 Å². The molecular weight excluding hydrogens is 664 g/mol. The molecule has 4 aliphatic rings. The maximum atomic E-state index is 14.8. The Kier molecular flexibility index (Phi) is 9.89. The van der Waals surface area contributed by atoms with Gasteiger partial charge in [-0.25, -0.2) is 4.79 Å². The van der Waals surface area contributed by atoms with Crippen molar-refractivity contribution in [2.24, 2.45) is 28.1 Å². The van der Waals surface area contributed by atoms with Crippen LogP contribution >= 0.6 is 0 Å². The van der Waals surface area contributed by atoms with Crippen LogP contribution < -0.4 is 0 Å². The van der Waals surface area contributed by atoms with Crippen molar-refractivity contribution in [1.29, 1.82) is 0 Å². The molecule has 3 heterocycles. The van der Waals surface area contributed by atoms with Crippen molar-refractivity contribution in [3.63, 3.8) is 0 Å². The number of carbonyl (C=O) groups excluding carboxylic acids is 2. The number of aliphatic hydroxyl groups is 5. The van der Waals surface area contributed by atoms with Crippen molar-refractivity contribution < 1.29 is 78.3 Å². The molecule has 5 rings (SSSR count). The molecule has 1 aromatic rings. The highest BCUT2D eigenvalue weighted by atomic mass is 16.7. The number of carbonyl (C=O) groups is 4. The number of esters is 1. The second kappa shape index (κ2) is 12.9. The average molecular weight is 713 g/mol. The molecule has 0 unspecified atom stereocenters. The van der Waals surface area contributed by atoms with E-state index in [-0.39, 0.29) is 25.0 Å².